The summed E-state index contributed by atoms with van der Waals surface area (Å²) >= 11 is 4.95. The van der Waals surface area contributed by atoms with Crippen molar-refractivity contribution in [3.05, 3.63) is 24.0 Å². The van der Waals surface area contributed by atoms with Crippen molar-refractivity contribution in [3.63, 3.8) is 0 Å². The molecule has 0 aliphatic heterocycles. The lowest BCUT2D eigenvalue weighted by atomic mass is 10.1. The lowest BCUT2D eigenvalue weighted by Gasteiger charge is -2.32. The van der Waals surface area contributed by atoms with Crippen molar-refractivity contribution >= 4 is 22.9 Å². The van der Waals surface area contributed by atoms with Crippen LogP contribution in [0.2, 0.25) is 0 Å². The summed E-state index contributed by atoms with van der Waals surface area (Å²) < 4.78 is 0. The number of hydrogen-bond acceptors (Lipinski definition) is 3. The molecular formula is C15H23N3S. The third-order valence-electron chi connectivity index (χ3n) is 3.66. The van der Waals surface area contributed by atoms with E-state index in [2.05, 4.69) is 29.8 Å². The van der Waals surface area contributed by atoms with Crippen LogP contribution in [0.4, 0.5) is 5.69 Å². The van der Waals surface area contributed by atoms with Crippen LogP contribution in [-0.2, 0) is 0 Å². The fraction of sp³-hybridized carbons (Fsp3) is 0.600. The van der Waals surface area contributed by atoms with Crippen molar-refractivity contribution < 1.29 is 0 Å². The SMILES string of the molecule is CC(C)CN(c1ccc(C(N)=S)nc1)C1CCCC1. The molecule has 0 atom stereocenters. The van der Waals surface area contributed by atoms with Crippen LogP contribution in [-0.4, -0.2) is 22.6 Å². The Labute approximate surface area is 121 Å². The number of thiocarbonyl (C=S) groups is 1. The van der Waals surface area contributed by atoms with Gasteiger partial charge in [0.2, 0.25) is 0 Å². The van der Waals surface area contributed by atoms with Gasteiger partial charge in [-0.1, -0.05) is 38.9 Å². The molecular weight excluding hydrogens is 254 g/mol. The van der Waals surface area contributed by atoms with Crippen molar-refractivity contribution in [1.29, 1.82) is 0 Å². The molecule has 3 nitrogen and oxygen atoms in total. The number of anilines is 1. The van der Waals surface area contributed by atoms with Gasteiger partial charge in [0.15, 0.2) is 0 Å². The van der Waals surface area contributed by atoms with Crippen LogP contribution in [0.1, 0.15) is 45.2 Å². The van der Waals surface area contributed by atoms with Gasteiger partial charge < -0.3 is 10.6 Å². The summed E-state index contributed by atoms with van der Waals surface area (Å²) in [5, 5.41) is 0. The van der Waals surface area contributed by atoms with E-state index in [1.54, 1.807) is 0 Å². The highest BCUT2D eigenvalue weighted by Gasteiger charge is 2.23. The Bertz CT molecular complexity index is 422. The minimum Gasteiger partial charge on any atom is -0.388 e. The van der Waals surface area contributed by atoms with Gasteiger partial charge in [0.25, 0.3) is 0 Å². The van der Waals surface area contributed by atoms with E-state index < -0.39 is 0 Å². The summed E-state index contributed by atoms with van der Waals surface area (Å²) in [6.45, 7) is 5.61. The van der Waals surface area contributed by atoms with Gasteiger partial charge in [-0.05, 0) is 30.9 Å². The average molecular weight is 277 g/mol. The number of nitrogens with zero attached hydrogens (tertiary/aromatic N) is 2. The van der Waals surface area contributed by atoms with E-state index in [1.165, 1.54) is 31.4 Å². The Morgan fingerprint density at radius 2 is 2.11 bits per heavy atom. The van der Waals surface area contributed by atoms with Gasteiger partial charge in [-0.2, -0.15) is 0 Å². The first-order chi connectivity index (χ1) is 9.08. The third-order valence-corrected chi connectivity index (χ3v) is 3.87. The van der Waals surface area contributed by atoms with Crippen LogP contribution >= 0.6 is 12.2 Å². The Hall–Kier alpha value is -1.16. The molecule has 1 aliphatic carbocycles. The summed E-state index contributed by atoms with van der Waals surface area (Å²) in [7, 11) is 0. The first-order valence-electron chi connectivity index (χ1n) is 7.10. The zero-order valence-corrected chi connectivity index (χ0v) is 12.6. The number of rotatable bonds is 5. The second kappa shape index (κ2) is 6.33. The lowest BCUT2D eigenvalue weighted by Crippen LogP contribution is -2.36. The molecule has 1 aromatic heterocycles. The fourth-order valence-corrected chi connectivity index (χ4v) is 2.90. The topological polar surface area (TPSA) is 42.1 Å². The molecule has 1 fully saturated rings. The molecule has 1 heterocycles. The molecule has 0 unspecified atom stereocenters. The Morgan fingerprint density at radius 1 is 1.42 bits per heavy atom. The Kier molecular flexibility index (Phi) is 4.75. The van der Waals surface area contributed by atoms with E-state index in [1.807, 2.05) is 12.3 Å². The lowest BCUT2D eigenvalue weighted by molar-refractivity contribution is 0.535. The highest BCUT2D eigenvalue weighted by molar-refractivity contribution is 7.80. The fourth-order valence-electron chi connectivity index (χ4n) is 2.78. The third kappa shape index (κ3) is 3.66. The smallest absolute Gasteiger partial charge is 0.122 e. The monoisotopic (exact) mass is 277 g/mol. The molecule has 1 aromatic rings. The van der Waals surface area contributed by atoms with Gasteiger partial charge in [-0.25, -0.2) is 0 Å². The van der Waals surface area contributed by atoms with E-state index in [-0.39, 0.29) is 0 Å². The van der Waals surface area contributed by atoms with Crippen molar-refractivity contribution in [3.8, 4) is 0 Å². The maximum Gasteiger partial charge on any atom is 0.122 e. The van der Waals surface area contributed by atoms with E-state index in [4.69, 9.17) is 18.0 Å². The molecule has 1 saturated carbocycles. The predicted octanol–water partition coefficient (Wildman–Crippen LogP) is 3.12. The number of aromatic nitrogens is 1. The summed E-state index contributed by atoms with van der Waals surface area (Å²) in [5.74, 6) is 0.649. The molecule has 0 saturated heterocycles. The van der Waals surface area contributed by atoms with Crippen LogP contribution in [0.25, 0.3) is 0 Å². The first kappa shape index (κ1) is 14.3. The molecule has 19 heavy (non-hydrogen) atoms. The zero-order valence-electron chi connectivity index (χ0n) is 11.8. The first-order valence-corrected chi connectivity index (χ1v) is 7.51. The van der Waals surface area contributed by atoms with Crippen molar-refractivity contribution in [2.75, 3.05) is 11.4 Å². The number of pyridine rings is 1. The van der Waals surface area contributed by atoms with E-state index in [0.717, 1.165) is 6.54 Å². The van der Waals surface area contributed by atoms with Crippen LogP contribution in [0.3, 0.4) is 0 Å². The molecule has 2 rings (SSSR count). The van der Waals surface area contributed by atoms with Gasteiger partial charge >= 0.3 is 0 Å². The number of hydrogen-bond donors (Lipinski definition) is 1. The van der Waals surface area contributed by atoms with E-state index >= 15 is 0 Å². The Balaban J connectivity index is 2.18. The molecule has 0 aromatic carbocycles. The molecule has 4 heteroatoms. The van der Waals surface area contributed by atoms with Crippen molar-refractivity contribution in [2.24, 2.45) is 11.7 Å². The van der Waals surface area contributed by atoms with Crippen LogP contribution < -0.4 is 10.6 Å². The molecule has 1 aliphatic rings. The molecule has 0 radical (unpaired) electrons. The number of nitrogens with two attached hydrogens (primary N) is 1. The molecule has 0 spiro atoms. The summed E-state index contributed by atoms with van der Waals surface area (Å²) in [6, 6.07) is 4.70. The molecule has 104 valence electrons. The minimum atomic E-state index is 0.364. The van der Waals surface area contributed by atoms with E-state index in [0.29, 0.717) is 22.6 Å². The largest absolute Gasteiger partial charge is 0.388 e. The highest BCUT2D eigenvalue weighted by atomic mass is 32.1. The summed E-state index contributed by atoms with van der Waals surface area (Å²) in [6.07, 6.45) is 7.19. The van der Waals surface area contributed by atoms with Crippen molar-refractivity contribution in [1.82, 2.24) is 4.98 Å². The molecule has 2 N–H and O–H groups in total. The second-order valence-electron chi connectivity index (χ2n) is 5.75. The van der Waals surface area contributed by atoms with Crippen molar-refractivity contribution in [2.45, 2.75) is 45.6 Å². The maximum atomic E-state index is 5.60. The quantitative estimate of drug-likeness (QED) is 0.840. The second-order valence-corrected chi connectivity index (χ2v) is 6.19. The zero-order chi connectivity index (χ0) is 13.8. The van der Waals surface area contributed by atoms with Gasteiger partial charge in [0, 0.05) is 12.6 Å². The minimum absolute atomic E-state index is 0.364. The highest BCUT2D eigenvalue weighted by Crippen LogP contribution is 2.28. The normalized spacial score (nSPS) is 15.9. The molecule has 0 bridgehead atoms. The van der Waals surface area contributed by atoms with Gasteiger partial charge in [-0.15, -0.1) is 0 Å². The maximum absolute atomic E-state index is 5.60. The molecule has 0 amide bonds. The summed E-state index contributed by atoms with van der Waals surface area (Å²) in [4.78, 5) is 7.24. The van der Waals surface area contributed by atoms with Gasteiger partial charge in [0.1, 0.15) is 4.99 Å². The van der Waals surface area contributed by atoms with Gasteiger partial charge in [0.05, 0.1) is 17.6 Å². The van der Waals surface area contributed by atoms with Crippen LogP contribution in [0.15, 0.2) is 18.3 Å². The summed E-state index contributed by atoms with van der Waals surface area (Å²) in [5.41, 5.74) is 7.50. The van der Waals surface area contributed by atoms with Crippen LogP contribution in [0, 0.1) is 5.92 Å². The van der Waals surface area contributed by atoms with Gasteiger partial charge in [-0.3, -0.25) is 4.98 Å². The predicted molar refractivity (Wildman–Crippen MR) is 84.6 cm³/mol. The average Bonchev–Trinajstić information content (AvgIpc) is 2.89. The van der Waals surface area contributed by atoms with E-state index in [9.17, 15) is 0 Å². The standard InChI is InChI=1S/C15H23N3S/c1-11(2)10-18(12-5-3-4-6-12)13-7-8-14(15(16)19)17-9-13/h7-9,11-12H,3-6,10H2,1-2H3,(H2,16,19). The van der Waals surface area contributed by atoms with Crippen LogP contribution in [0.5, 0.6) is 0 Å². The Morgan fingerprint density at radius 3 is 2.58 bits per heavy atom.